The number of aliphatic hydroxyl groups is 1. The molecule has 0 saturated carbocycles. The first-order valence-electron chi connectivity index (χ1n) is 7.83. The van der Waals surface area contributed by atoms with Crippen LogP contribution in [0.15, 0.2) is 48.5 Å². The summed E-state index contributed by atoms with van der Waals surface area (Å²) in [5.41, 5.74) is 1.58. The van der Waals surface area contributed by atoms with Gasteiger partial charge in [-0.2, -0.15) is 0 Å². The molecule has 0 fully saturated rings. The first kappa shape index (κ1) is 17.9. The number of methoxy groups -OCH3 is 1. The van der Waals surface area contributed by atoms with E-state index in [2.05, 4.69) is 5.32 Å². The van der Waals surface area contributed by atoms with Crippen LogP contribution in [0.1, 0.15) is 36.5 Å². The summed E-state index contributed by atoms with van der Waals surface area (Å²) in [5.74, 6) is 0.174. The highest BCUT2D eigenvalue weighted by molar-refractivity contribution is 5.76. The third-order valence-corrected chi connectivity index (χ3v) is 3.90. The predicted molar refractivity (Wildman–Crippen MR) is 90.4 cm³/mol. The van der Waals surface area contributed by atoms with E-state index in [0.29, 0.717) is 11.3 Å². The molecule has 2 aromatic carbocycles. The van der Waals surface area contributed by atoms with Crippen molar-refractivity contribution in [3.05, 3.63) is 65.5 Å². The number of carbonyl (C=O) groups excluding carboxylic acids is 1. The molecule has 2 rings (SSSR count). The fourth-order valence-electron chi connectivity index (χ4n) is 2.44. The van der Waals surface area contributed by atoms with E-state index in [-0.39, 0.29) is 30.6 Å². The number of carbonyl (C=O) groups is 1. The van der Waals surface area contributed by atoms with Crippen molar-refractivity contribution in [2.24, 2.45) is 0 Å². The molecule has 0 heterocycles. The molecule has 0 saturated heterocycles. The van der Waals surface area contributed by atoms with Gasteiger partial charge in [0.1, 0.15) is 11.6 Å². The third kappa shape index (κ3) is 5.06. The van der Waals surface area contributed by atoms with Crippen molar-refractivity contribution in [1.82, 2.24) is 5.32 Å². The maximum absolute atomic E-state index is 12.9. The number of amides is 1. The Bertz CT molecular complexity index is 673. The van der Waals surface area contributed by atoms with E-state index in [9.17, 15) is 14.3 Å². The summed E-state index contributed by atoms with van der Waals surface area (Å²) in [4.78, 5) is 12.0. The molecule has 0 spiro atoms. The Morgan fingerprint density at radius 3 is 2.58 bits per heavy atom. The molecule has 0 aliphatic carbocycles. The van der Waals surface area contributed by atoms with Gasteiger partial charge in [0.2, 0.25) is 5.91 Å². The van der Waals surface area contributed by atoms with Crippen LogP contribution in [0.25, 0.3) is 0 Å². The van der Waals surface area contributed by atoms with Crippen LogP contribution < -0.4 is 10.1 Å². The van der Waals surface area contributed by atoms with E-state index < -0.39 is 6.10 Å². The molecule has 0 bridgehead atoms. The minimum atomic E-state index is -0.801. The summed E-state index contributed by atoms with van der Waals surface area (Å²) in [6.07, 6.45) is -0.526. The molecule has 5 heteroatoms. The van der Waals surface area contributed by atoms with Gasteiger partial charge in [-0.1, -0.05) is 31.2 Å². The summed E-state index contributed by atoms with van der Waals surface area (Å²) >= 11 is 0. The van der Waals surface area contributed by atoms with Gasteiger partial charge in [0.15, 0.2) is 0 Å². The van der Waals surface area contributed by atoms with Gasteiger partial charge >= 0.3 is 0 Å². The first-order chi connectivity index (χ1) is 11.5. The summed E-state index contributed by atoms with van der Waals surface area (Å²) in [7, 11) is 1.56. The molecule has 0 aliphatic heterocycles. The summed E-state index contributed by atoms with van der Waals surface area (Å²) in [6, 6.07) is 13.2. The van der Waals surface area contributed by atoms with Crippen molar-refractivity contribution in [1.29, 1.82) is 0 Å². The molecular formula is C19H22FNO3. The normalized spacial score (nSPS) is 13.2. The smallest absolute Gasteiger partial charge is 0.220 e. The summed E-state index contributed by atoms with van der Waals surface area (Å²) in [5, 5.41) is 12.9. The Labute approximate surface area is 141 Å². The summed E-state index contributed by atoms with van der Waals surface area (Å²) in [6.45, 7) is 2.04. The average molecular weight is 331 g/mol. The lowest BCUT2D eigenvalue weighted by Crippen LogP contribution is -2.29. The van der Waals surface area contributed by atoms with Crippen LogP contribution in [0.2, 0.25) is 0 Å². The zero-order valence-corrected chi connectivity index (χ0v) is 13.8. The van der Waals surface area contributed by atoms with E-state index in [1.54, 1.807) is 43.5 Å². The molecule has 4 nitrogen and oxygen atoms in total. The van der Waals surface area contributed by atoms with E-state index in [1.165, 1.54) is 12.1 Å². The standard InChI is InChI=1S/C19H22FNO3/c1-13(14-6-8-16(20)9-7-14)10-19(23)21-12-18(22)15-4-3-5-17(11-15)24-2/h3-9,11,13,18,22H,10,12H2,1-2H3,(H,21,23). The second-order valence-corrected chi connectivity index (χ2v) is 5.75. The van der Waals surface area contributed by atoms with Gasteiger partial charge < -0.3 is 15.2 Å². The molecule has 2 atom stereocenters. The molecule has 2 aromatic rings. The first-order valence-corrected chi connectivity index (χ1v) is 7.83. The zero-order valence-electron chi connectivity index (χ0n) is 13.8. The van der Waals surface area contributed by atoms with E-state index >= 15 is 0 Å². The van der Waals surface area contributed by atoms with Crippen LogP contribution in [0.4, 0.5) is 4.39 Å². The Kier molecular flexibility index (Phi) is 6.32. The molecule has 1 amide bonds. The summed E-state index contributed by atoms with van der Waals surface area (Å²) < 4.78 is 18.0. The van der Waals surface area contributed by atoms with Crippen molar-refractivity contribution in [3.63, 3.8) is 0 Å². The van der Waals surface area contributed by atoms with Crippen LogP contribution in [-0.2, 0) is 4.79 Å². The van der Waals surface area contributed by atoms with Crippen molar-refractivity contribution >= 4 is 5.91 Å². The Balaban J connectivity index is 1.84. The van der Waals surface area contributed by atoms with E-state index in [0.717, 1.165) is 5.56 Å². The molecule has 0 aliphatic rings. The number of ether oxygens (including phenoxy) is 1. The highest BCUT2D eigenvalue weighted by atomic mass is 19.1. The average Bonchev–Trinajstić information content (AvgIpc) is 2.60. The third-order valence-electron chi connectivity index (χ3n) is 3.90. The van der Waals surface area contributed by atoms with Crippen molar-refractivity contribution in [3.8, 4) is 5.75 Å². The number of rotatable bonds is 7. The lowest BCUT2D eigenvalue weighted by atomic mass is 9.97. The lowest BCUT2D eigenvalue weighted by molar-refractivity contribution is -0.121. The number of hydrogen-bond acceptors (Lipinski definition) is 3. The second-order valence-electron chi connectivity index (χ2n) is 5.75. The highest BCUT2D eigenvalue weighted by Gasteiger charge is 2.14. The minimum Gasteiger partial charge on any atom is -0.497 e. The van der Waals surface area contributed by atoms with Crippen LogP contribution in [0.5, 0.6) is 5.75 Å². The molecule has 2 unspecified atom stereocenters. The molecular weight excluding hydrogens is 309 g/mol. The van der Waals surface area contributed by atoms with Crippen molar-refractivity contribution in [2.75, 3.05) is 13.7 Å². The van der Waals surface area contributed by atoms with Crippen LogP contribution in [-0.4, -0.2) is 24.7 Å². The molecule has 2 N–H and O–H groups in total. The van der Waals surface area contributed by atoms with Crippen molar-refractivity contribution in [2.45, 2.75) is 25.4 Å². The second kappa shape index (κ2) is 8.45. The van der Waals surface area contributed by atoms with Gasteiger partial charge in [0, 0.05) is 13.0 Å². The van der Waals surface area contributed by atoms with Gasteiger partial charge in [-0.15, -0.1) is 0 Å². The number of hydrogen-bond donors (Lipinski definition) is 2. The topological polar surface area (TPSA) is 58.6 Å². The Morgan fingerprint density at radius 1 is 1.21 bits per heavy atom. The van der Waals surface area contributed by atoms with Crippen LogP contribution in [0.3, 0.4) is 0 Å². The fraction of sp³-hybridized carbons (Fsp3) is 0.316. The van der Waals surface area contributed by atoms with Crippen LogP contribution >= 0.6 is 0 Å². The monoisotopic (exact) mass is 331 g/mol. The Hall–Kier alpha value is -2.40. The van der Waals surface area contributed by atoms with Crippen LogP contribution in [0, 0.1) is 5.82 Å². The molecule has 0 aromatic heterocycles. The number of nitrogens with one attached hydrogen (secondary N) is 1. The van der Waals surface area contributed by atoms with Gasteiger partial charge in [-0.25, -0.2) is 4.39 Å². The Morgan fingerprint density at radius 2 is 1.92 bits per heavy atom. The van der Waals surface area contributed by atoms with Gasteiger partial charge in [0.25, 0.3) is 0 Å². The lowest BCUT2D eigenvalue weighted by Gasteiger charge is -2.15. The predicted octanol–water partition coefficient (Wildman–Crippen LogP) is 3.18. The maximum atomic E-state index is 12.9. The SMILES string of the molecule is COc1cccc(C(O)CNC(=O)CC(C)c2ccc(F)cc2)c1. The van der Waals surface area contributed by atoms with Gasteiger partial charge in [-0.3, -0.25) is 4.79 Å². The molecule has 24 heavy (non-hydrogen) atoms. The molecule has 128 valence electrons. The fourth-order valence-corrected chi connectivity index (χ4v) is 2.44. The number of benzene rings is 2. The number of aliphatic hydroxyl groups excluding tert-OH is 1. The minimum absolute atomic E-state index is 0.0282. The maximum Gasteiger partial charge on any atom is 0.220 e. The largest absolute Gasteiger partial charge is 0.497 e. The highest BCUT2D eigenvalue weighted by Crippen LogP contribution is 2.20. The number of halogens is 1. The van der Waals surface area contributed by atoms with E-state index in [1.807, 2.05) is 6.92 Å². The van der Waals surface area contributed by atoms with Crippen molar-refractivity contribution < 1.29 is 19.0 Å². The van der Waals surface area contributed by atoms with E-state index in [4.69, 9.17) is 4.74 Å². The molecule has 0 radical (unpaired) electrons. The van der Waals surface area contributed by atoms with Gasteiger partial charge in [-0.05, 0) is 41.3 Å². The zero-order chi connectivity index (χ0) is 17.5. The quantitative estimate of drug-likeness (QED) is 0.819. The van der Waals surface area contributed by atoms with Gasteiger partial charge in [0.05, 0.1) is 13.2 Å².